The molecule has 1 amide bonds. The van der Waals surface area contributed by atoms with E-state index in [0.717, 1.165) is 22.0 Å². The molecule has 0 bridgehead atoms. The van der Waals surface area contributed by atoms with Crippen LogP contribution in [0.3, 0.4) is 0 Å². The highest BCUT2D eigenvalue weighted by Crippen LogP contribution is 2.25. The van der Waals surface area contributed by atoms with Crippen LogP contribution in [0.25, 0.3) is 21.8 Å². The van der Waals surface area contributed by atoms with Crippen molar-refractivity contribution in [3.63, 3.8) is 0 Å². The van der Waals surface area contributed by atoms with E-state index in [1.54, 1.807) is 18.0 Å². The second kappa shape index (κ2) is 6.19. The molecule has 26 heavy (non-hydrogen) atoms. The van der Waals surface area contributed by atoms with Gasteiger partial charge in [0.1, 0.15) is 0 Å². The van der Waals surface area contributed by atoms with Gasteiger partial charge in [-0.25, -0.2) is 0 Å². The molecule has 0 radical (unpaired) electrons. The van der Waals surface area contributed by atoms with Crippen molar-refractivity contribution in [2.45, 2.75) is 13.0 Å². The van der Waals surface area contributed by atoms with E-state index in [0.29, 0.717) is 11.1 Å². The van der Waals surface area contributed by atoms with Crippen LogP contribution in [0.15, 0.2) is 65.5 Å². The predicted molar refractivity (Wildman–Crippen MR) is 103 cm³/mol. The summed E-state index contributed by atoms with van der Waals surface area (Å²) in [6.07, 6.45) is 0. The van der Waals surface area contributed by atoms with Crippen LogP contribution < -0.4 is 5.56 Å². The van der Waals surface area contributed by atoms with E-state index in [-0.39, 0.29) is 17.5 Å². The van der Waals surface area contributed by atoms with Gasteiger partial charge in [0, 0.05) is 35.2 Å². The normalized spacial score (nSPS) is 12.4. The molecule has 2 heterocycles. The first-order valence-corrected chi connectivity index (χ1v) is 8.51. The zero-order chi connectivity index (χ0) is 18.3. The minimum atomic E-state index is -0.279. The van der Waals surface area contributed by atoms with Gasteiger partial charge in [-0.15, -0.1) is 0 Å². The molecule has 0 spiro atoms. The Morgan fingerprint density at radius 2 is 1.65 bits per heavy atom. The molecule has 1 atom stereocenters. The number of para-hydroxylation sites is 2. The molecular weight excluding hydrogens is 326 g/mol. The van der Waals surface area contributed by atoms with E-state index in [1.807, 2.05) is 49.4 Å². The first-order chi connectivity index (χ1) is 12.5. The summed E-state index contributed by atoms with van der Waals surface area (Å²) in [5.41, 5.74) is 2.79. The molecule has 0 aliphatic heterocycles. The lowest BCUT2D eigenvalue weighted by Crippen LogP contribution is -2.30. The summed E-state index contributed by atoms with van der Waals surface area (Å²) in [4.78, 5) is 32.9. The summed E-state index contributed by atoms with van der Waals surface area (Å²) in [5.74, 6) is -0.182. The third kappa shape index (κ3) is 2.67. The third-order valence-electron chi connectivity index (χ3n) is 4.88. The van der Waals surface area contributed by atoms with Crippen LogP contribution in [-0.4, -0.2) is 27.8 Å². The van der Waals surface area contributed by atoms with E-state index < -0.39 is 0 Å². The van der Waals surface area contributed by atoms with Crippen LogP contribution in [0.4, 0.5) is 0 Å². The van der Waals surface area contributed by atoms with Crippen LogP contribution in [0.1, 0.15) is 29.0 Å². The van der Waals surface area contributed by atoms with Gasteiger partial charge in [-0.05, 0) is 30.5 Å². The van der Waals surface area contributed by atoms with Crippen molar-refractivity contribution in [2.75, 3.05) is 7.05 Å². The van der Waals surface area contributed by atoms with Crippen molar-refractivity contribution < 1.29 is 4.79 Å². The number of nitrogens with one attached hydrogen (secondary N) is 2. The maximum absolute atomic E-state index is 13.1. The number of nitrogens with zero attached hydrogens (tertiary/aromatic N) is 1. The average Bonchev–Trinajstić information content (AvgIpc) is 3.09. The molecule has 2 aromatic heterocycles. The number of hydrogen-bond donors (Lipinski definition) is 2. The van der Waals surface area contributed by atoms with Crippen LogP contribution in [0.5, 0.6) is 0 Å². The molecule has 0 aliphatic carbocycles. The molecule has 0 aliphatic rings. The van der Waals surface area contributed by atoms with Gasteiger partial charge in [-0.1, -0.05) is 36.4 Å². The Balaban J connectivity index is 1.73. The monoisotopic (exact) mass is 345 g/mol. The van der Waals surface area contributed by atoms with Gasteiger partial charge >= 0.3 is 0 Å². The number of pyridine rings is 1. The van der Waals surface area contributed by atoms with E-state index >= 15 is 0 Å². The fourth-order valence-electron chi connectivity index (χ4n) is 3.28. The van der Waals surface area contributed by atoms with Gasteiger partial charge in [0.05, 0.1) is 11.6 Å². The van der Waals surface area contributed by atoms with Crippen LogP contribution in [-0.2, 0) is 0 Å². The summed E-state index contributed by atoms with van der Waals surface area (Å²) in [7, 11) is 1.76. The van der Waals surface area contributed by atoms with Crippen LogP contribution in [0.2, 0.25) is 0 Å². The van der Waals surface area contributed by atoms with Crippen LogP contribution in [0, 0.1) is 0 Å². The molecular formula is C21H19N3O2. The third-order valence-corrected chi connectivity index (χ3v) is 4.88. The Labute approximate surface area is 150 Å². The fourth-order valence-corrected chi connectivity index (χ4v) is 3.28. The van der Waals surface area contributed by atoms with E-state index in [4.69, 9.17) is 0 Å². The molecule has 5 heteroatoms. The van der Waals surface area contributed by atoms with E-state index in [1.165, 1.54) is 6.07 Å². The number of aromatic amines is 2. The summed E-state index contributed by atoms with van der Waals surface area (Å²) >= 11 is 0. The van der Waals surface area contributed by atoms with Crippen molar-refractivity contribution >= 4 is 27.7 Å². The Kier molecular flexibility index (Phi) is 3.84. The zero-order valence-corrected chi connectivity index (χ0v) is 14.6. The molecule has 4 aromatic rings. The van der Waals surface area contributed by atoms with Gasteiger partial charge < -0.3 is 14.9 Å². The molecule has 2 N–H and O–H groups in total. The number of aromatic nitrogens is 2. The molecule has 0 saturated heterocycles. The smallest absolute Gasteiger partial charge is 0.255 e. The zero-order valence-electron chi connectivity index (χ0n) is 14.6. The minimum absolute atomic E-state index is 0.159. The molecule has 4 rings (SSSR count). The van der Waals surface area contributed by atoms with Crippen molar-refractivity contribution in [1.82, 2.24) is 14.9 Å². The van der Waals surface area contributed by atoms with Crippen LogP contribution >= 0.6 is 0 Å². The molecule has 2 aromatic carbocycles. The lowest BCUT2D eigenvalue weighted by molar-refractivity contribution is 0.0742. The molecule has 0 unspecified atom stereocenters. The number of hydrogen-bond acceptors (Lipinski definition) is 2. The van der Waals surface area contributed by atoms with Crippen molar-refractivity contribution in [3.05, 3.63) is 82.3 Å². The van der Waals surface area contributed by atoms with E-state index in [9.17, 15) is 9.59 Å². The number of fused-ring (bicyclic) bond motifs is 2. The molecule has 0 fully saturated rings. The molecule has 0 saturated carbocycles. The van der Waals surface area contributed by atoms with Crippen molar-refractivity contribution in [1.29, 1.82) is 0 Å². The lowest BCUT2D eigenvalue weighted by atomic mass is 10.1. The van der Waals surface area contributed by atoms with Crippen molar-refractivity contribution in [3.8, 4) is 0 Å². The first kappa shape index (κ1) is 16.1. The van der Waals surface area contributed by atoms with Gasteiger partial charge in [0.2, 0.25) is 5.56 Å². The first-order valence-electron chi connectivity index (χ1n) is 8.51. The highest BCUT2D eigenvalue weighted by molar-refractivity contribution is 6.06. The topological polar surface area (TPSA) is 69.0 Å². The summed E-state index contributed by atoms with van der Waals surface area (Å²) < 4.78 is 0. The maximum atomic E-state index is 13.1. The molecule has 5 nitrogen and oxygen atoms in total. The second-order valence-corrected chi connectivity index (χ2v) is 6.50. The average molecular weight is 345 g/mol. The summed E-state index contributed by atoms with van der Waals surface area (Å²) in [6.45, 7) is 1.97. The second-order valence-electron chi connectivity index (χ2n) is 6.50. The standard InChI is InChI=1S/C21H19N3O2/c1-13(19-11-14-7-3-5-9-17(14)22-19)24(2)21(26)16-12-20(25)23-18-10-6-4-8-15(16)18/h3-13,22H,1-2H3,(H,23,25)/t13-/m1/s1. The maximum Gasteiger partial charge on any atom is 0.255 e. The highest BCUT2D eigenvalue weighted by atomic mass is 16.2. The summed E-state index contributed by atoms with van der Waals surface area (Å²) in [5, 5.41) is 1.85. The van der Waals surface area contributed by atoms with E-state index in [2.05, 4.69) is 16.0 Å². The van der Waals surface area contributed by atoms with Gasteiger partial charge in [0.25, 0.3) is 5.91 Å². The predicted octanol–water partition coefficient (Wildman–Crippen LogP) is 3.84. The van der Waals surface area contributed by atoms with Crippen molar-refractivity contribution in [2.24, 2.45) is 0 Å². The number of H-pyrrole nitrogens is 2. The highest BCUT2D eigenvalue weighted by Gasteiger charge is 2.22. The quantitative estimate of drug-likeness (QED) is 0.592. The Morgan fingerprint density at radius 1 is 0.962 bits per heavy atom. The number of rotatable bonds is 3. The SMILES string of the molecule is C[C@H](c1cc2ccccc2[nH]1)N(C)C(=O)c1cc(=O)[nH]c2ccccc12. The minimum Gasteiger partial charge on any atom is -0.357 e. The number of amides is 1. The van der Waals surface area contributed by atoms with Gasteiger partial charge in [-0.3, -0.25) is 9.59 Å². The molecule has 130 valence electrons. The fraction of sp³-hybridized carbons (Fsp3) is 0.143. The van der Waals surface area contributed by atoms with Gasteiger partial charge in [0.15, 0.2) is 0 Å². The number of carbonyl (C=O) groups is 1. The number of carbonyl (C=O) groups excluding carboxylic acids is 1. The van der Waals surface area contributed by atoms with Gasteiger partial charge in [-0.2, -0.15) is 0 Å². The number of benzene rings is 2. The summed E-state index contributed by atoms with van der Waals surface area (Å²) in [6, 6.07) is 18.6. The Bertz CT molecular complexity index is 1140. The Hall–Kier alpha value is -3.34. The lowest BCUT2D eigenvalue weighted by Gasteiger charge is -2.24. The largest absolute Gasteiger partial charge is 0.357 e. The Morgan fingerprint density at radius 3 is 2.42 bits per heavy atom.